The van der Waals surface area contributed by atoms with E-state index in [-0.39, 0.29) is 19.2 Å². The number of ether oxygens (including phenoxy) is 2. The van der Waals surface area contributed by atoms with Gasteiger partial charge in [-0.25, -0.2) is 8.42 Å². The fourth-order valence-corrected chi connectivity index (χ4v) is 6.37. The van der Waals surface area contributed by atoms with E-state index in [1.807, 2.05) is 55.5 Å². The van der Waals surface area contributed by atoms with Gasteiger partial charge in [-0.05, 0) is 66.3 Å². The fourth-order valence-electron chi connectivity index (χ4n) is 4.67. The Morgan fingerprint density at radius 1 is 0.921 bits per heavy atom. The summed E-state index contributed by atoms with van der Waals surface area (Å²) in [6.07, 6.45) is 2.63. The molecule has 2 aliphatic heterocycles. The number of anilines is 1. The quantitative estimate of drug-likeness (QED) is 0.340. The van der Waals surface area contributed by atoms with E-state index in [4.69, 9.17) is 9.47 Å². The summed E-state index contributed by atoms with van der Waals surface area (Å²) in [6, 6.07) is 23.7. The van der Waals surface area contributed by atoms with Crippen molar-refractivity contribution in [1.29, 1.82) is 0 Å². The number of hydrogen-bond acceptors (Lipinski definition) is 6. The SMILES string of the molecule is C/C(=C/Cc1ccc2c(c1)OCO2)NNC(=O)c1ccc(CN2c3cccc4cccc(c34)S2(=O)=O)cc1. The topological polar surface area (TPSA) is 97.0 Å². The monoisotopic (exact) mass is 527 g/mol. The highest BCUT2D eigenvalue weighted by Gasteiger charge is 2.35. The molecule has 0 aliphatic carbocycles. The number of nitrogens with one attached hydrogen (secondary N) is 2. The van der Waals surface area contributed by atoms with Gasteiger partial charge in [-0.3, -0.25) is 14.5 Å². The summed E-state index contributed by atoms with van der Waals surface area (Å²) in [6.45, 7) is 2.29. The minimum absolute atomic E-state index is 0.179. The van der Waals surface area contributed by atoms with Gasteiger partial charge >= 0.3 is 0 Å². The molecule has 0 radical (unpaired) electrons. The molecule has 9 heteroatoms. The van der Waals surface area contributed by atoms with Crippen LogP contribution < -0.4 is 24.6 Å². The molecule has 0 atom stereocenters. The van der Waals surface area contributed by atoms with Crippen molar-refractivity contribution in [3.05, 3.63) is 107 Å². The molecule has 4 aromatic rings. The van der Waals surface area contributed by atoms with Crippen LogP contribution in [0.4, 0.5) is 5.69 Å². The van der Waals surface area contributed by atoms with E-state index in [9.17, 15) is 13.2 Å². The Hall–Kier alpha value is -4.50. The zero-order valence-electron chi connectivity index (χ0n) is 20.6. The molecule has 0 aromatic heterocycles. The standard InChI is InChI=1S/C29H25N3O5S/c1-19(8-9-20-12-15-25-26(16-20)37-18-36-25)30-31-29(33)23-13-10-21(11-14-23)17-32-24-6-2-4-22-5-3-7-27(28(22)24)38(32,34)35/h2-8,10-16,30H,9,17-18H2,1H3,(H,31,33)/b19-8-. The molecule has 4 aromatic carbocycles. The lowest BCUT2D eigenvalue weighted by Crippen LogP contribution is -2.36. The van der Waals surface area contributed by atoms with Gasteiger partial charge in [-0.1, -0.05) is 48.5 Å². The third-order valence-corrected chi connectivity index (χ3v) is 8.48. The number of nitrogens with zero attached hydrogens (tertiary/aromatic N) is 1. The number of amides is 1. The van der Waals surface area contributed by atoms with E-state index in [1.165, 1.54) is 4.31 Å². The minimum atomic E-state index is -3.65. The van der Waals surface area contributed by atoms with Gasteiger partial charge in [-0.2, -0.15) is 0 Å². The fraction of sp³-hybridized carbons (Fsp3) is 0.138. The summed E-state index contributed by atoms with van der Waals surface area (Å²) in [5, 5.41) is 1.64. The van der Waals surface area contributed by atoms with E-state index in [1.54, 1.807) is 36.4 Å². The normalized spacial score (nSPS) is 15.1. The molecule has 0 saturated heterocycles. The molecule has 1 amide bonds. The maximum absolute atomic E-state index is 13.2. The molecule has 0 spiro atoms. The summed E-state index contributed by atoms with van der Waals surface area (Å²) in [7, 11) is -3.65. The van der Waals surface area contributed by atoms with Crippen molar-refractivity contribution < 1.29 is 22.7 Å². The van der Waals surface area contributed by atoms with Crippen molar-refractivity contribution in [3.63, 3.8) is 0 Å². The highest BCUT2D eigenvalue weighted by molar-refractivity contribution is 7.93. The Kier molecular flexibility index (Phi) is 5.92. The highest BCUT2D eigenvalue weighted by Crippen LogP contribution is 2.42. The second-order valence-electron chi connectivity index (χ2n) is 9.20. The van der Waals surface area contributed by atoms with Crippen molar-refractivity contribution in [2.45, 2.75) is 24.8 Å². The number of carbonyl (C=O) groups is 1. The Bertz CT molecular complexity index is 1690. The summed E-state index contributed by atoms with van der Waals surface area (Å²) in [4.78, 5) is 13.0. The highest BCUT2D eigenvalue weighted by atomic mass is 32.2. The van der Waals surface area contributed by atoms with Gasteiger partial charge in [0.2, 0.25) is 6.79 Å². The first-order chi connectivity index (χ1) is 18.4. The number of benzene rings is 4. The molecule has 8 nitrogen and oxygen atoms in total. The number of hydrazine groups is 1. The Labute approximate surface area is 220 Å². The lowest BCUT2D eigenvalue weighted by molar-refractivity contribution is 0.0938. The van der Waals surface area contributed by atoms with Crippen LogP contribution in [0.15, 0.2) is 95.5 Å². The van der Waals surface area contributed by atoms with Crippen LogP contribution in [0.3, 0.4) is 0 Å². The minimum Gasteiger partial charge on any atom is -0.454 e. The summed E-state index contributed by atoms with van der Waals surface area (Å²) in [5.41, 5.74) is 9.40. The van der Waals surface area contributed by atoms with Gasteiger partial charge < -0.3 is 14.9 Å². The first kappa shape index (κ1) is 23.9. The lowest BCUT2D eigenvalue weighted by Gasteiger charge is -2.19. The first-order valence-electron chi connectivity index (χ1n) is 12.2. The molecule has 0 bridgehead atoms. The molecular formula is C29H25N3O5S. The van der Waals surface area contributed by atoms with Crippen LogP contribution in [0, 0.1) is 0 Å². The van der Waals surface area contributed by atoms with Crippen molar-refractivity contribution in [2.24, 2.45) is 0 Å². The van der Waals surface area contributed by atoms with E-state index in [0.29, 0.717) is 22.6 Å². The Balaban J connectivity index is 1.08. The smallest absolute Gasteiger partial charge is 0.269 e. The van der Waals surface area contributed by atoms with Gasteiger partial charge in [0, 0.05) is 16.6 Å². The van der Waals surface area contributed by atoms with Crippen LogP contribution in [0.5, 0.6) is 11.5 Å². The van der Waals surface area contributed by atoms with Gasteiger partial charge in [0.25, 0.3) is 15.9 Å². The van der Waals surface area contributed by atoms with Gasteiger partial charge in [0.15, 0.2) is 11.5 Å². The van der Waals surface area contributed by atoms with Gasteiger partial charge in [0.05, 0.1) is 17.1 Å². The number of carbonyl (C=O) groups excluding carboxylic acids is 1. The van der Waals surface area contributed by atoms with E-state index in [2.05, 4.69) is 10.9 Å². The molecule has 38 heavy (non-hydrogen) atoms. The van der Waals surface area contributed by atoms with Crippen LogP contribution >= 0.6 is 0 Å². The molecule has 192 valence electrons. The average Bonchev–Trinajstić information content (AvgIpc) is 3.48. The largest absolute Gasteiger partial charge is 0.454 e. The zero-order chi connectivity index (χ0) is 26.3. The number of rotatable bonds is 7. The Morgan fingerprint density at radius 3 is 2.47 bits per heavy atom. The number of sulfonamides is 1. The molecule has 2 heterocycles. The van der Waals surface area contributed by atoms with Crippen molar-refractivity contribution in [2.75, 3.05) is 11.1 Å². The van der Waals surface area contributed by atoms with Crippen LogP contribution in [0.25, 0.3) is 10.8 Å². The van der Waals surface area contributed by atoms with Crippen molar-refractivity contribution in [1.82, 2.24) is 10.9 Å². The predicted molar refractivity (Wildman–Crippen MR) is 144 cm³/mol. The molecule has 6 rings (SSSR count). The van der Waals surface area contributed by atoms with E-state index < -0.39 is 10.0 Å². The molecule has 0 saturated carbocycles. The van der Waals surface area contributed by atoms with Crippen molar-refractivity contribution >= 4 is 32.4 Å². The third-order valence-electron chi connectivity index (χ3n) is 6.68. The van der Waals surface area contributed by atoms with Crippen LogP contribution in [0.1, 0.15) is 28.4 Å². The molecule has 2 aliphatic rings. The van der Waals surface area contributed by atoms with Gasteiger partial charge in [0.1, 0.15) is 0 Å². The summed E-state index contributed by atoms with van der Waals surface area (Å²) in [5.74, 6) is 1.19. The Morgan fingerprint density at radius 2 is 1.66 bits per heavy atom. The number of fused-ring (bicyclic) bond motifs is 1. The number of allylic oxidation sites excluding steroid dienone is 2. The van der Waals surface area contributed by atoms with Crippen LogP contribution in [-0.2, 0) is 23.0 Å². The zero-order valence-corrected chi connectivity index (χ0v) is 21.4. The molecule has 0 unspecified atom stereocenters. The third kappa shape index (κ3) is 4.31. The molecule has 0 fully saturated rings. The van der Waals surface area contributed by atoms with Crippen LogP contribution in [0.2, 0.25) is 0 Å². The van der Waals surface area contributed by atoms with E-state index in [0.717, 1.165) is 39.1 Å². The van der Waals surface area contributed by atoms with Crippen molar-refractivity contribution in [3.8, 4) is 11.5 Å². The van der Waals surface area contributed by atoms with Crippen LogP contribution in [-0.4, -0.2) is 21.1 Å². The summed E-state index contributed by atoms with van der Waals surface area (Å²) < 4.78 is 38.6. The molecular weight excluding hydrogens is 502 g/mol. The van der Waals surface area contributed by atoms with E-state index >= 15 is 0 Å². The van der Waals surface area contributed by atoms with Gasteiger partial charge in [-0.15, -0.1) is 0 Å². The average molecular weight is 528 g/mol. The lowest BCUT2D eigenvalue weighted by atomic mass is 10.1. The predicted octanol–water partition coefficient (Wildman–Crippen LogP) is 4.66. The molecule has 2 N–H and O–H groups in total. The maximum atomic E-state index is 13.2. The number of hydrogen-bond donors (Lipinski definition) is 2. The second kappa shape index (κ2) is 9.42. The maximum Gasteiger partial charge on any atom is 0.269 e. The second-order valence-corrected chi connectivity index (χ2v) is 11.0. The summed E-state index contributed by atoms with van der Waals surface area (Å²) >= 11 is 0. The first-order valence-corrected chi connectivity index (χ1v) is 13.6.